The first-order chi connectivity index (χ1) is 13.7. The Kier molecular flexibility index (Phi) is 6.33. The van der Waals surface area contributed by atoms with Crippen LogP contribution in [0.4, 0.5) is 15.8 Å². The number of para-hydroxylation sites is 1. The van der Waals surface area contributed by atoms with E-state index in [2.05, 4.69) is 10.0 Å². The summed E-state index contributed by atoms with van der Waals surface area (Å²) >= 11 is 17.8. The normalized spacial score (nSPS) is 11.2. The van der Waals surface area contributed by atoms with Crippen LogP contribution < -0.4 is 10.0 Å². The summed E-state index contributed by atoms with van der Waals surface area (Å²) in [4.78, 5) is 12.1. The lowest BCUT2D eigenvalue weighted by atomic mass is 10.2. The van der Waals surface area contributed by atoms with Gasteiger partial charge in [0.1, 0.15) is 10.7 Å². The fourth-order valence-electron chi connectivity index (χ4n) is 2.40. The zero-order chi connectivity index (χ0) is 21.2. The molecule has 0 aliphatic carbocycles. The Morgan fingerprint density at radius 1 is 0.897 bits per heavy atom. The van der Waals surface area contributed by atoms with E-state index in [4.69, 9.17) is 34.8 Å². The predicted octanol–water partition coefficient (Wildman–Crippen LogP) is 5.84. The molecule has 0 heterocycles. The summed E-state index contributed by atoms with van der Waals surface area (Å²) < 4.78 is 41.7. The molecule has 0 fully saturated rings. The van der Waals surface area contributed by atoms with Gasteiger partial charge in [0.25, 0.3) is 15.9 Å². The maximum Gasteiger partial charge on any atom is 0.263 e. The number of hydrogen-bond acceptors (Lipinski definition) is 3. The molecule has 0 bridgehead atoms. The first-order valence-electron chi connectivity index (χ1n) is 8.01. The number of anilines is 2. The van der Waals surface area contributed by atoms with Crippen LogP contribution in [-0.2, 0) is 10.0 Å². The number of rotatable bonds is 5. The summed E-state index contributed by atoms with van der Waals surface area (Å²) in [6, 6.07) is 13.6. The molecule has 0 unspecified atom stereocenters. The quantitative estimate of drug-likeness (QED) is 0.489. The molecule has 29 heavy (non-hydrogen) atoms. The number of benzene rings is 3. The van der Waals surface area contributed by atoms with Gasteiger partial charge in [0.15, 0.2) is 0 Å². The number of nitrogens with one attached hydrogen (secondary N) is 2. The van der Waals surface area contributed by atoms with Crippen LogP contribution in [0.5, 0.6) is 0 Å². The highest BCUT2D eigenvalue weighted by Gasteiger charge is 2.21. The van der Waals surface area contributed by atoms with Crippen LogP contribution >= 0.6 is 34.8 Å². The minimum atomic E-state index is -4.12. The molecule has 10 heteroatoms. The second-order valence-electron chi connectivity index (χ2n) is 5.81. The van der Waals surface area contributed by atoms with Gasteiger partial charge in [0, 0.05) is 10.7 Å². The summed E-state index contributed by atoms with van der Waals surface area (Å²) in [6.07, 6.45) is 0. The molecule has 0 radical (unpaired) electrons. The number of halogens is 4. The highest BCUT2D eigenvalue weighted by molar-refractivity contribution is 7.92. The summed E-state index contributed by atoms with van der Waals surface area (Å²) in [5.41, 5.74) is -0.0231. The second kappa shape index (κ2) is 8.59. The minimum Gasteiger partial charge on any atom is -0.322 e. The van der Waals surface area contributed by atoms with E-state index in [1.165, 1.54) is 36.4 Å². The molecule has 0 aromatic heterocycles. The topological polar surface area (TPSA) is 75.3 Å². The zero-order valence-electron chi connectivity index (χ0n) is 14.4. The summed E-state index contributed by atoms with van der Waals surface area (Å²) in [5.74, 6) is -1.57. The van der Waals surface area contributed by atoms with Crippen molar-refractivity contribution in [1.82, 2.24) is 0 Å². The van der Waals surface area contributed by atoms with Crippen molar-refractivity contribution in [3.05, 3.63) is 87.1 Å². The third kappa shape index (κ3) is 5.00. The Labute approximate surface area is 181 Å². The number of carbonyl (C=O) groups excluding carboxylic acids is 1. The SMILES string of the molecule is O=C(Nc1ccc(Cl)c(S(=O)(=O)Nc2ccccc2Cl)c1)c1cc(Cl)ccc1F. The van der Waals surface area contributed by atoms with Crippen molar-refractivity contribution in [2.75, 3.05) is 10.0 Å². The zero-order valence-corrected chi connectivity index (χ0v) is 17.5. The lowest BCUT2D eigenvalue weighted by Gasteiger charge is -2.13. The molecule has 0 aliphatic heterocycles. The number of hydrogen-bond donors (Lipinski definition) is 2. The lowest BCUT2D eigenvalue weighted by Crippen LogP contribution is -2.16. The lowest BCUT2D eigenvalue weighted by molar-refractivity contribution is 0.102. The molecule has 0 saturated heterocycles. The van der Waals surface area contributed by atoms with Crippen molar-refractivity contribution in [2.24, 2.45) is 0 Å². The Bertz CT molecular complexity index is 1200. The van der Waals surface area contributed by atoms with Crippen molar-refractivity contribution >= 4 is 62.1 Å². The van der Waals surface area contributed by atoms with Gasteiger partial charge in [-0.25, -0.2) is 12.8 Å². The fourth-order valence-corrected chi connectivity index (χ4v) is 4.42. The first kappa shape index (κ1) is 21.4. The number of carbonyl (C=O) groups is 1. The molecule has 0 spiro atoms. The largest absolute Gasteiger partial charge is 0.322 e. The minimum absolute atomic E-state index is 0.0727. The van der Waals surface area contributed by atoms with Gasteiger partial charge < -0.3 is 5.32 Å². The van der Waals surface area contributed by atoms with E-state index in [1.807, 2.05) is 0 Å². The molecule has 3 rings (SSSR count). The third-order valence-corrected chi connectivity index (χ3v) is 6.18. The molecule has 150 valence electrons. The van der Waals surface area contributed by atoms with E-state index in [0.29, 0.717) is 0 Å². The van der Waals surface area contributed by atoms with E-state index in [0.717, 1.165) is 12.1 Å². The van der Waals surface area contributed by atoms with E-state index in [-0.39, 0.29) is 36.9 Å². The second-order valence-corrected chi connectivity index (χ2v) is 8.71. The van der Waals surface area contributed by atoms with Gasteiger partial charge in [-0.2, -0.15) is 0 Å². The van der Waals surface area contributed by atoms with Crippen LogP contribution in [0.2, 0.25) is 15.1 Å². The molecule has 1 amide bonds. The van der Waals surface area contributed by atoms with Gasteiger partial charge in [0.05, 0.1) is 21.3 Å². The number of amides is 1. The van der Waals surface area contributed by atoms with Crippen molar-refractivity contribution < 1.29 is 17.6 Å². The standard InChI is InChI=1S/C19H12Cl3FN2O3S/c20-11-5-8-16(23)13(9-11)19(26)24-12-6-7-15(22)18(10-12)29(27,28)25-17-4-2-1-3-14(17)21/h1-10,25H,(H,24,26). The fraction of sp³-hybridized carbons (Fsp3) is 0. The molecule has 3 aromatic carbocycles. The molecule has 0 aliphatic rings. The van der Waals surface area contributed by atoms with Crippen LogP contribution in [-0.4, -0.2) is 14.3 Å². The average molecular weight is 474 g/mol. The smallest absolute Gasteiger partial charge is 0.263 e. The molecule has 3 aromatic rings. The van der Waals surface area contributed by atoms with Crippen LogP contribution in [0.1, 0.15) is 10.4 Å². The van der Waals surface area contributed by atoms with E-state index in [9.17, 15) is 17.6 Å². The molecular weight excluding hydrogens is 462 g/mol. The first-order valence-corrected chi connectivity index (χ1v) is 10.6. The summed E-state index contributed by atoms with van der Waals surface area (Å²) in [6.45, 7) is 0. The van der Waals surface area contributed by atoms with E-state index >= 15 is 0 Å². The maximum absolute atomic E-state index is 13.9. The molecule has 0 atom stereocenters. The van der Waals surface area contributed by atoms with Crippen LogP contribution in [0.3, 0.4) is 0 Å². The molecule has 5 nitrogen and oxygen atoms in total. The summed E-state index contributed by atoms with van der Waals surface area (Å²) in [7, 11) is -4.12. The monoisotopic (exact) mass is 472 g/mol. The van der Waals surface area contributed by atoms with Gasteiger partial charge in [-0.3, -0.25) is 9.52 Å². The molecule has 2 N–H and O–H groups in total. The van der Waals surface area contributed by atoms with Crippen molar-refractivity contribution in [2.45, 2.75) is 4.90 Å². The Balaban J connectivity index is 1.91. The third-order valence-electron chi connectivity index (χ3n) is 3.77. The van der Waals surface area contributed by atoms with Crippen LogP contribution in [0.25, 0.3) is 0 Å². The Morgan fingerprint density at radius 3 is 2.34 bits per heavy atom. The average Bonchev–Trinajstić information content (AvgIpc) is 2.66. The van der Waals surface area contributed by atoms with E-state index in [1.54, 1.807) is 12.1 Å². The van der Waals surface area contributed by atoms with E-state index < -0.39 is 21.7 Å². The van der Waals surface area contributed by atoms with Crippen LogP contribution in [0.15, 0.2) is 65.6 Å². The predicted molar refractivity (Wildman–Crippen MR) is 113 cm³/mol. The van der Waals surface area contributed by atoms with Crippen molar-refractivity contribution in [1.29, 1.82) is 0 Å². The molecule has 0 saturated carbocycles. The maximum atomic E-state index is 13.9. The Morgan fingerprint density at radius 2 is 1.62 bits per heavy atom. The highest BCUT2D eigenvalue weighted by Crippen LogP contribution is 2.29. The van der Waals surface area contributed by atoms with Gasteiger partial charge in [-0.15, -0.1) is 0 Å². The van der Waals surface area contributed by atoms with Crippen LogP contribution in [0, 0.1) is 5.82 Å². The van der Waals surface area contributed by atoms with Crippen molar-refractivity contribution in [3.63, 3.8) is 0 Å². The van der Waals surface area contributed by atoms with Gasteiger partial charge in [-0.05, 0) is 48.5 Å². The highest BCUT2D eigenvalue weighted by atomic mass is 35.5. The number of sulfonamides is 1. The van der Waals surface area contributed by atoms with Crippen molar-refractivity contribution in [3.8, 4) is 0 Å². The molecular formula is C19H12Cl3FN2O3S. The van der Waals surface area contributed by atoms with Gasteiger partial charge >= 0.3 is 0 Å². The van der Waals surface area contributed by atoms with Gasteiger partial charge in [0.2, 0.25) is 0 Å². The van der Waals surface area contributed by atoms with Gasteiger partial charge in [-0.1, -0.05) is 46.9 Å². The Hall–Kier alpha value is -2.32. The summed E-state index contributed by atoms with van der Waals surface area (Å²) in [5, 5.41) is 2.74.